The van der Waals surface area contributed by atoms with Gasteiger partial charge in [-0.05, 0) is 30.2 Å². The monoisotopic (exact) mass is 338 g/mol. The van der Waals surface area contributed by atoms with Crippen molar-refractivity contribution in [3.63, 3.8) is 0 Å². The predicted octanol–water partition coefficient (Wildman–Crippen LogP) is 5.41. The van der Waals surface area contributed by atoms with Gasteiger partial charge in [0.1, 0.15) is 12.4 Å². The van der Waals surface area contributed by atoms with Crippen LogP contribution in [0.1, 0.15) is 24.5 Å². The number of ether oxygens (including phenoxy) is 1. The van der Waals surface area contributed by atoms with Gasteiger partial charge >= 0.3 is 0 Å². The second-order valence-electron chi connectivity index (χ2n) is 5.38. The van der Waals surface area contributed by atoms with Crippen molar-refractivity contribution in [3.8, 4) is 5.75 Å². The van der Waals surface area contributed by atoms with Crippen molar-refractivity contribution in [1.29, 1.82) is 0 Å². The Morgan fingerprint density at radius 1 is 1.21 bits per heavy atom. The number of allylic oxidation sites excluding steroid dienone is 1. The lowest BCUT2D eigenvalue weighted by molar-refractivity contribution is 0.305. The van der Waals surface area contributed by atoms with Crippen molar-refractivity contribution >= 4 is 17.3 Å². The highest BCUT2D eigenvalue weighted by Crippen LogP contribution is 2.31. The van der Waals surface area contributed by atoms with Crippen LogP contribution in [0, 0.1) is 0 Å². The molecule has 2 aromatic carbocycles. The fraction of sp³-hybridized carbons (Fsp3) is 0.150. The second kappa shape index (κ2) is 7.84. The van der Waals surface area contributed by atoms with Crippen LogP contribution in [0.5, 0.6) is 5.75 Å². The van der Waals surface area contributed by atoms with Gasteiger partial charge in [0.2, 0.25) is 0 Å². The predicted molar refractivity (Wildman–Crippen MR) is 98.1 cm³/mol. The molecule has 0 N–H and O–H groups in total. The van der Waals surface area contributed by atoms with E-state index in [0.29, 0.717) is 11.6 Å². The van der Waals surface area contributed by atoms with Gasteiger partial charge in [-0.15, -0.1) is 0 Å². The summed E-state index contributed by atoms with van der Waals surface area (Å²) >= 11 is 6.23. The summed E-state index contributed by atoms with van der Waals surface area (Å²) in [4.78, 5) is 4.14. The number of imidazole rings is 1. The number of hydrogen-bond acceptors (Lipinski definition) is 2. The average Bonchev–Trinajstić information content (AvgIpc) is 3.14. The quantitative estimate of drug-likeness (QED) is 0.600. The fourth-order valence-electron chi connectivity index (χ4n) is 2.51. The lowest BCUT2D eigenvalue weighted by Crippen LogP contribution is -2.02. The number of rotatable bonds is 6. The molecule has 0 bridgehead atoms. The first kappa shape index (κ1) is 16.3. The van der Waals surface area contributed by atoms with Gasteiger partial charge in [-0.3, -0.25) is 0 Å². The molecule has 0 radical (unpaired) electrons. The summed E-state index contributed by atoms with van der Waals surface area (Å²) in [5, 5.41) is 0.680. The van der Waals surface area contributed by atoms with Crippen LogP contribution in [0.2, 0.25) is 5.02 Å². The molecule has 4 heteroatoms. The van der Waals surface area contributed by atoms with Gasteiger partial charge < -0.3 is 9.30 Å². The highest BCUT2D eigenvalue weighted by Gasteiger charge is 2.12. The van der Waals surface area contributed by atoms with E-state index < -0.39 is 0 Å². The second-order valence-corrected chi connectivity index (χ2v) is 5.82. The smallest absolute Gasteiger partial charge is 0.129 e. The first-order valence-corrected chi connectivity index (χ1v) is 8.31. The van der Waals surface area contributed by atoms with Crippen molar-refractivity contribution in [2.45, 2.75) is 20.0 Å². The minimum atomic E-state index is 0.513. The molecular formula is C20H19ClN2O. The molecule has 1 heterocycles. The van der Waals surface area contributed by atoms with Crippen LogP contribution in [-0.4, -0.2) is 9.55 Å². The zero-order chi connectivity index (χ0) is 16.8. The Morgan fingerprint density at radius 2 is 2.04 bits per heavy atom. The van der Waals surface area contributed by atoms with Gasteiger partial charge in [-0.1, -0.05) is 54.9 Å². The minimum Gasteiger partial charge on any atom is -0.488 e. The number of benzene rings is 2. The molecule has 0 aliphatic rings. The van der Waals surface area contributed by atoms with E-state index >= 15 is 0 Å². The van der Waals surface area contributed by atoms with E-state index in [1.807, 2.05) is 59.3 Å². The van der Waals surface area contributed by atoms with Gasteiger partial charge in [-0.2, -0.15) is 0 Å². The Kier molecular flexibility index (Phi) is 5.34. The number of hydrogen-bond donors (Lipinski definition) is 0. The van der Waals surface area contributed by atoms with E-state index in [1.54, 1.807) is 12.5 Å². The zero-order valence-electron chi connectivity index (χ0n) is 13.5. The molecule has 3 nitrogen and oxygen atoms in total. The largest absolute Gasteiger partial charge is 0.488 e. The SMILES string of the molecule is CC/C=C(/c1cc(Cl)ccc1OCc1ccccc1)n1ccnc1. The summed E-state index contributed by atoms with van der Waals surface area (Å²) < 4.78 is 8.05. The Morgan fingerprint density at radius 3 is 2.75 bits per heavy atom. The van der Waals surface area contributed by atoms with E-state index in [0.717, 1.165) is 29.0 Å². The molecule has 0 fully saturated rings. The van der Waals surface area contributed by atoms with E-state index in [1.165, 1.54) is 0 Å². The summed E-state index contributed by atoms with van der Waals surface area (Å²) in [6, 6.07) is 15.8. The van der Waals surface area contributed by atoms with Gasteiger partial charge in [0.15, 0.2) is 0 Å². The van der Waals surface area contributed by atoms with Crippen molar-refractivity contribution in [2.24, 2.45) is 0 Å². The standard InChI is InChI=1S/C20H19ClN2O/c1-2-6-19(23-12-11-22-15-23)18-13-17(21)9-10-20(18)24-14-16-7-4-3-5-8-16/h3-13,15H,2,14H2,1H3/b19-6-. The summed E-state index contributed by atoms with van der Waals surface area (Å²) in [6.45, 7) is 2.62. The number of nitrogens with zero attached hydrogens (tertiary/aromatic N) is 2. The maximum atomic E-state index is 6.23. The lowest BCUT2D eigenvalue weighted by Gasteiger charge is -2.15. The van der Waals surface area contributed by atoms with Crippen LogP contribution < -0.4 is 4.74 Å². The Balaban J connectivity index is 1.94. The van der Waals surface area contributed by atoms with Crippen LogP contribution in [0.4, 0.5) is 0 Å². The molecule has 24 heavy (non-hydrogen) atoms. The Hall–Kier alpha value is -2.52. The molecule has 0 aliphatic carbocycles. The average molecular weight is 339 g/mol. The highest BCUT2D eigenvalue weighted by atomic mass is 35.5. The summed E-state index contributed by atoms with van der Waals surface area (Å²) in [6.07, 6.45) is 8.51. The van der Waals surface area contributed by atoms with Crippen molar-refractivity contribution in [1.82, 2.24) is 9.55 Å². The van der Waals surface area contributed by atoms with E-state index in [9.17, 15) is 0 Å². The molecule has 122 valence electrons. The molecule has 3 aromatic rings. The van der Waals surface area contributed by atoms with Crippen molar-refractivity contribution < 1.29 is 4.74 Å². The highest BCUT2D eigenvalue weighted by molar-refractivity contribution is 6.30. The third-order valence-corrected chi connectivity index (χ3v) is 3.87. The maximum absolute atomic E-state index is 6.23. The maximum Gasteiger partial charge on any atom is 0.129 e. The minimum absolute atomic E-state index is 0.513. The molecule has 0 aliphatic heterocycles. The van der Waals surface area contributed by atoms with Crippen LogP contribution in [-0.2, 0) is 6.61 Å². The summed E-state index contributed by atoms with van der Waals surface area (Å²) in [5.41, 5.74) is 3.10. The molecule has 3 rings (SSSR count). The molecule has 0 atom stereocenters. The Bertz CT molecular complexity index is 811. The van der Waals surface area contributed by atoms with E-state index in [2.05, 4.69) is 18.0 Å². The first-order valence-electron chi connectivity index (χ1n) is 7.93. The van der Waals surface area contributed by atoms with Gasteiger partial charge in [0.25, 0.3) is 0 Å². The van der Waals surface area contributed by atoms with Gasteiger partial charge in [-0.25, -0.2) is 4.98 Å². The molecule has 0 unspecified atom stereocenters. The molecular weight excluding hydrogens is 320 g/mol. The zero-order valence-corrected chi connectivity index (χ0v) is 14.3. The Labute approximate surface area is 147 Å². The molecule has 0 amide bonds. The van der Waals surface area contributed by atoms with Gasteiger partial charge in [0.05, 0.1) is 12.0 Å². The van der Waals surface area contributed by atoms with Gasteiger partial charge in [0, 0.05) is 23.0 Å². The van der Waals surface area contributed by atoms with E-state index in [4.69, 9.17) is 16.3 Å². The van der Waals surface area contributed by atoms with E-state index in [-0.39, 0.29) is 0 Å². The number of halogens is 1. The molecule has 0 saturated heterocycles. The van der Waals surface area contributed by atoms with Crippen LogP contribution in [0.25, 0.3) is 5.70 Å². The third kappa shape index (κ3) is 3.87. The summed E-state index contributed by atoms with van der Waals surface area (Å²) in [5.74, 6) is 0.802. The fourth-order valence-corrected chi connectivity index (χ4v) is 2.69. The third-order valence-electron chi connectivity index (χ3n) is 3.63. The molecule has 0 saturated carbocycles. The van der Waals surface area contributed by atoms with Crippen LogP contribution in [0.15, 0.2) is 73.3 Å². The normalized spacial score (nSPS) is 11.5. The molecule has 0 spiro atoms. The van der Waals surface area contributed by atoms with Crippen LogP contribution in [0.3, 0.4) is 0 Å². The lowest BCUT2D eigenvalue weighted by atomic mass is 10.1. The first-order chi connectivity index (χ1) is 11.8. The van der Waals surface area contributed by atoms with Crippen molar-refractivity contribution in [2.75, 3.05) is 0 Å². The summed E-state index contributed by atoms with van der Waals surface area (Å²) in [7, 11) is 0. The van der Waals surface area contributed by atoms with Crippen LogP contribution >= 0.6 is 11.6 Å². The topological polar surface area (TPSA) is 27.1 Å². The van der Waals surface area contributed by atoms with Crippen molar-refractivity contribution in [3.05, 3.63) is 89.5 Å². The number of aromatic nitrogens is 2. The molecule has 1 aromatic heterocycles.